The summed E-state index contributed by atoms with van der Waals surface area (Å²) in [5, 5.41) is 3.96. The maximum absolute atomic E-state index is 13.8. The Morgan fingerprint density at radius 3 is 3.00 bits per heavy atom. The predicted octanol–water partition coefficient (Wildman–Crippen LogP) is 2.98. The number of nitrogens with zero attached hydrogens (tertiary/aromatic N) is 2. The van der Waals surface area contributed by atoms with Gasteiger partial charge in [0.15, 0.2) is 5.82 Å². The maximum atomic E-state index is 13.8. The zero-order valence-electron chi connectivity index (χ0n) is 11.3. The molecule has 20 heavy (non-hydrogen) atoms. The molecule has 1 heterocycles. The molecule has 0 bridgehead atoms. The van der Waals surface area contributed by atoms with Crippen LogP contribution >= 0.6 is 11.6 Å². The van der Waals surface area contributed by atoms with Gasteiger partial charge in [-0.1, -0.05) is 35.8 Å². The van der Waals surface area contributed by atoms with Crippen molar-refractivity contribution >= 4 is 11.6 Å². The van der Waals surface area contributed by atoms with Crippen molar-refractivity contribution < 1.29 is 8.91 Å². The van der Waals surface area contributed by atoms with Crippen molar-refractivity contribution in [3.63, 3.8) is 0 Å². The maximum Gasteiger partial charge on any atom is 0.226 e. The van der Waals surface area contributed by atoms with Crippen molar-refractivity contribution in [3.8, 4) is 0 Å². The largest absolute Gasteiger partial charge is 0.339 e. The first-order chi connectivity index (χ1) is 9.60. The lowest BCUT2D eigenvalue weighted by molar-refractivity contribution is 0.362. The second-order valence-corrected chi connectivity index (χ2v) is 5.28. The minimum atomic E-state index is -0.433. The van der Waals surface area contributed by atoms with Crippen molar-refractivity contribution in [1.82, 2.24) is 10.1 Å². The Balaban J connectivity index is 2.00. The van der Waals surface area contributed by atoms with Crippen LogP contribution in [0.1, 0.15) is 30.6 Å². The van der Waals surface area contributed by atoms with Gasteiger partial charge in [-0.05, 0) is 30.5 Å². The van der Waals surface area contributed by atoms with E-state index in [0.717, 1.165) is 6.42 Å². The smallest absolute Gasteiger partial charge is 0.226 e. The lowest BCUT2D eigenvalue weighted by Gasteiger charge is -2.04. The molecule has 0 aliphatic heterocycles. The lowest BCUT2D eigenvalue weighted by Crippen LogP contribution is -2.11. The third-order valence-electron chi connectivity index (χ3n) is 3.14. The van der Waals surface area contributed by atoms with Crippen molar-refractivity contribution in [3.05, 3.63) is 46.3 Å². The summed E-state index contributed by atoms with van der Waals surface area (Å²) in [6.45, 7) is 2.70. The third kappa shape index (κ3) is 3.77. The second-order valence-electron chi connectivity index (χ2n) is 4.87. The highest BCUT2D eigenvalue weighted by Crippen LogP contribution is 2.20. The molecule has 0 spiro atoms. The van der Waals surface area contributed by atoms with Crippen LogP contribution in [0.15, 0.2) is 22.7 Å². The van der Waals surface area contributed by atoms with Gasteiger partial charge in [0.05, 0.1) is 5.02 Å². The second kappa shape index (κ2) is 6.81. The van der Waals surface area contributed by atoms with Gasteiger partial charge in [-0.2, -0.15) is 4.98 Å². The Kier molecular flexibility index (Phi) is 5.09. The molecule has 2 N–H and O–H groups in total. The summed E-state index contributed by atoms with van der Waals surface area (Å²) >= 11 is 5.73. The minimum absolute atomic E-state index is 0.1000. The van der Waals surface area contributed by atoms with Crippen LogP contribution < -0.4 is 5.73 Å². The molecule has 0 saturated carbocycles. The monoisotopic (exact) mass is 297 g/mol. The number of hydrogen-bond donors (Lipinski definition) is 1. The molecule has 2 rings (SSSR count). The molecule has 1 aromatic carbocycles. The van der Waals surface area contributed by atoms with Gasteiger partial charge in [-0.25, -0.2) is 4.39 Å². The first-order valence-electron chi connectivity index (χ1n) is 6.54. The fourth-order valence-electron chi connectivity index (χ4n) is 1.81. The Morgan fingerprint density at radius 1 is 1.45 bits per heavy atom. The van der Waals surface area contributed by atoms with E-state index < -0.39 is 5.82 Å². The first-order valence-corrected chi connectivity index (χ1v) is 6.92. The quantitative estimate of drug-likeness (QED) is 0.890. The van der Waals surface area contributed by atoms with Gasteiger partial charge in [0.25, 0.3) is 0 Å². The van der Waals surface area contributed by atoms with Gasteiger partial charge in [0, 0.05) is 12.8 Å². The van der Waals surface area contributed by atoms with E-state index in [9.17, 15) is 4.39 Å². The summed E-state index contributed by atoms with van der Waals surface area (Å²) in [7, 11) is 0. The van der Waals surface area contributed by atoms with Gasteiger partial charge in [-0.15, -0.1) is 0 Å². The number of aryl methyl sites for hydroxylation is 1. The zero-order chi connectivity index (χ0) is 14.5. The predicted molar refractivity (Wildman–Crippen MR) is 75.1 cm³/mol. The number of halogens is 2. The molecule has 0 aliphatic rings. The summed E-state index contributed by atoms with van der Waals surface area (Å²) in [6, 6.07) is 4.87. The standard InChI is InChI=1S/C14H17ClFN3O/c1-9(8-17)5-6-13-18-12(19-20-13)7-10-3-2-4-11(15)14(10)16/h2-4,9H,5-8,17H2,1H3. The van der Waals surface area contributed by atoms with E-state index >= 15 is 0 Å². The van der Waals surface area contributed by atoms with Gasteiger partial charge in [0.1, 0.15) is 5.82 Å². The van der Waals surface area contributed by atoms with Crippen LogP contribution in [0.4, 0.5) is 4.39 Å². The molecule has 2 aromatic rings. The Labute approximate surface area is 122 Å². The van der Waals surface area contributed by atoms with E-state index in [2.05, 4.69) is 17.1 Å². The molecule has 0 aliphatic carbocycles. The van der Waals surface area contributed by atoms with E-state index in [1.165, 1.54) is 6.07 Å². The van der Waals surface area contributed by atoms with Crippen LogP contribution in [0.5, 0.6) is 0 Å². The molecule has 6 heteroatoms. The SMILES string of the molecule is CC(CN)CCc1nc(Cc2cccc(Cl)c2F)no1. The summed E-state index contributed by atoms with van der Waals surface area (Å²) in [5.41, 5.74) is 6.01. The van der Waals surface area contributed by atoms with Gasteiger partial charge in [-0.3, -0.25) is 0 Å². The van der Waals surface area contributed by atoms with Crippen molar-refractivity contribution in [2.75, 3.05) is 6.54 Å². The highest BCUT2D eigenvalue weighted by Gasteiger charge is 2.12. The molecule has 1 unspecified atom stereocenters. The fourth-order valence-corrected chi connectivity index (χ4v) is 2.00. The highest BCUT2D eigenvalue weighted by atomic mass is 35.5. The lowest BCUT2D eigenvalue weighted by atomic mass is 10.1. The van der Waals surface area contributed by atoms with E-state index in [1.807, 2.05) is 0 Å². The fraction of sp³-hybridized carbons (Fsp3) is 0.429. The zero-order valence-corrected chi connectivity index (χ0v) is 12.0. The van der Waals surface area contributed by atoms with Crippen LogP contribution in [0, 0.1) is 11.7 Å². The average molecular weight is 298 g/mol. The molecule has 0 amide bonds. The van der Waals surface area contributed by atoms with Crippen LogP contribution in [-0.2, 0) is 12.8 Å². The summed E-state index contributed by atoms with van der Waals surface area (Å²) in [6.07, 6.45) is 1.84. The summed E-state index contributed by atoms with van der Waals surface area (Å²) in [4.78, 5) is 4.25. The van der Waals surface area contributed by atoms with Crippen LogP contribution in [0.3, 0.4) is 0 Å². The molecule has 0 saturated heterocycles. The van der Waals surface area contributed by atoms with Gasteiger partial charge >= 0.3 is 0 Å². The third-order valence-corrected chi connectivity index (χ3v) is 3.44. The number of aromatic nitrogens is 2. The Morgan fingerprint density at radius 2 is 2.25 bits per heavy atom. The number of rotatable bonds is 6. The van der Waals surface area contributed by atoms with Crippen LogP contribution in [0.25, 0.3) is 0 Å². The molecule has 0 radical (unpaired) electrons. The van der Waals surface area contributed by atoms with Crippen LogP contribution in [0.2, 0.25) is 5.02 Å². The number of hydrogen-bond acceptors (Lipinski definition) is 4. The normalized spacial score (nSPS) is 12.6. The number of benzene rings is 1. The van der Waals surface area contributed by atoms with E-state index in [-0.39, 0.29) is 11.4 Å². The van der Waals surface area contributed by atoms with Crippen molar-refractivity contribution in [2.45, 2.75) is 26.2 Å². The van der Waals surface area contributed by atoms with Crippen molar-refractivity contribution in [1.29, 1.82) is 0 Å². The van der Waals surface area contributed by atoms with Gasteiger partial charge < -0.3 is 10.3 Å². The molecule has 108 valence electrons. The molecular formula is C14H17ClFN3O. The molecule has 0 fully saturated rings. The topological polar surface area (TPSA) is 64.9 Å². The average Bonchev–Trinajstić information content (AvgIpc) is 2.89. The van der Waals surface area contributed by atoms with Gasteiger partial charge in [0.2, 0.25) is 5.89 Å². The van der Waals surface area contributed by atoms with E-state index in [1.54, 1.807) is 12.1 Å². The van der Waals surface area contributed by atoms with E-state index in [4.69, 9.17) is 21.9 Å². The molecular weight excluding hydrogens is 281 g/mol. The highest BCUT2D eigenvalue weighted by molar-refractivity contribution is 6.30. The van der Waals surface area contributed by atoms with Crippen molar-refractivity contribution in [2.24, 2.45) is 11.7 Å². The Bertz CT molecular complexity index is 573. The summed E-state index contributed by atoms with van der Waals surface area (Å²) < 4.78 is 18.9. The minimum Gasteiger partial charge on any atom is -0.339 e. The Hall–Kier alpha value is -1.46. The molecule has 4 nitrogen and oxygen atoms in total. The molecule has 1 atom stereocenters. The molecule has 1 aromatic heterocycles. The number of nitrogens with two attached hydrogens (primary N) is 1. The van der Waals surface area contributed by atoms with Crippen LogP contribution in [-0.4, -0.2) is 16.7 Å². The van der Waals surface area contributed by atoms with E-state index in [0.29, 0.717) is 36.2 Å². The summed E-state index contributed by atoms with van der Waals surface area (Å²) in [5.74, 6) is 0.997. The first kappa shape index (κ1) is 14.9.